The van der Waals surface area contributed by atoms with E-state index in [1.807, 2.05) is 0 Å². The number of nitrogens with two attached hydrogens (primary N) is 2. The van der Waals surface area contributed by atoms with Crippen molar-refractivity contribution in [3.63, 3.8) is 0 Å². The first-order valence-corrected chi connectivity index (χ1v) is 21.8. The first kappa shape index (κ1) is 51.7. The van der Waals surface area contributed by atoms with E-state index < -0.39 is 121 Å². The van der Waals surface area contributed by atoms with Gasteiger partial charge in [-0.1, -0.05) is 21.6 Å². The number of guanidine groups is 1. The summed E-state index contributed by atoms with van der Waals surface area (Å²) < 4.78 is 0. The predicted molar refractivity (Wildman–Crippen MR) is 219 cm³/mol. The number of fused-ring (bicyclic) bond motifs is 1. The molecule has 25 nitrogen and oxygen atoms in total. The Morgan fingerprint density at radius 3 is 2.20 bits per heavy atom. The Labute approximate surface area is 358 Å². The van der Waals surface area contributed by atoms with Crippen molar-refractivity contribution in [2.75, 3.05) is 44.3 Å². The molecule has 2 saturated heterocycles. The SMILES string of the molecule is CC(=O)N[C@@H]1CSSC[C@@H](C(=O)N[C@@H](CCCCN)C(=O)O)NC(=O)[C@@H]2CCCN2C(=O)[C@H](CO)NC(=O)[C@H](CC(=O)O)NC(=O)[C@H](CCCNC(=N)N)NC(=O)CNC1=O. The second-order valence-corrected chi connectivity index (χ2v) is 16.5. The Bertz CT molecular complexity index is 1630. The van der Waals surface area contributed by atoms with Gasteiger partial charge >= 0.3 is 11.9 Å². The highest BCUT2D eigenvalue weighted by Gasteiger charge is 2.40. The van der Waals surface area contributed by atoms with Crippen molar-refractivity contribution in [1.29, 1.82) is 5.41 Å². The third-order valence-electron chi connectivity index (χ3n) is 9.15. The van der Waals surface area contributed by atoms with Crippen molar-refractivity contribution in [1.82, 2.24) is 47.4 Å². The van der Waals surface area contributed by atoms with Gasteiger partial charge in [-0.2, -0.15) is 0 Å². The molecule has 2 aliphatic rings. The van der Waals surface area contributed by atoms with Crippen LogP contribution in [-0.2, 0) is 47.9 Å². The van der Waals surface area contributed by atoms with Crippen LogP contribution in [0, 0.1) is 5.41 Å². The maximum absolute atomic E-state index is 13.8. The second kappa shape index (κ2) is 26.7. The molecule has 2 aliphatic heterocycles. The summed E-state index contributed by atoms with van der Waals surface area (Å²) in [5.74, 6) is -10.9. The molecule has 0 saturated carbocycles. The lowest BCUT2D eigenvalue weighted by Crippen LogP contribution is -2.60. The van der Waals surface area contributed by atoms with Crippen LogP contribution >= 0.6 is 21.6 Å². The number of hydrogen-bond donors (Lipinski definition) is 14. The van der Waals surface area contributed by atoms with Gasteiger partial charge in [-0.05, 0) is 51.5 Å². The minimum Gasteiger partial charge on any atom is -0.481 e. The van der Waals surface area contributed by atoms with Gasteiger partial charge in [-0.15, -0.1) is 0 Å². The lowest BCUT2D eigenvalue weighted by Gasteiger charge is -2.30. The number of rotatable bonds is 15. The van der Waals surface area contributed by atoms with Crippen molar-refractivity contribution in [2.24, 2.45) is 11.5 Å². The fourth-order valence-corrected chi connectivity index (χ4v) is 8.41. The zero-order chi connectivity index (χ0) is 45.6. The molecule has 2 rings (SSSR count). The number of aliphatic hydroxyl groups is 1. The molecular formula is C34H56N12O13S2. The van der Waals surface area contributed by atoms with E-state index in [0.717, 1.165) is 33.4 Å². The highest BCUT2D eigenvalue weighted by molar-refractivity contribution is 8.76. The number of carbonyl (C=O) groups excluding carboxylic acids is 8. The summed E-state index contributed by atoms with van der Waals surface area (Å²) in [5.41, 5.74) is 10.8. The van der Waals surface area contributed by atoms with E-state index >= 15 is 0 Å². The van der Waals surface area contributed by atoms with Gasteiger partial charge in [0.2, 0.25) is 47.3 Å². The van der Waals surface area contributed by atoms with Crippen LogP contribution in [0.25, 0.3) is 0 Å². The van der Waals surface area contributed by atoms with Gasteiger partial charge in [0.25, 0.3) is 0 Å². The Morgan fingerprint density at radius 1 is 0.902 bits per heavy atom. The number of hydrogen-bond acceptors (Lipinski definition) is 15. The zero-order valence-electron chi connectivity index (χ0n) is 33.5. The number of unbranched alkanes of at least 4 members (excludes halogenated alkanes) is 1. The number of amides is 8. The van der Waals surface area contributed by atoms with E-state index in [0.29, 0.717) is 12.8 Å². The average molecular weight is 905 g/mol. The third-order valence-corrected chi connectivity index (χ3v) is 11.6. The molecule has 8 amide bonds. The number of aliphatic hydroxyl groups excluding tert-OH is 1. The summed E-state index contributed by atoms with van der Waals surface area (Å²) in [4.78, 5) is 131. The Kier molecular flexibility index (Phi) is 22.7. The van der Waals surface area contributed by atoms with Crippen molar-refractivity contribution in [3.8, 4) is 0 Å². The standard InChI is InChI=1S/C34H56N12O13S2/c1-17(48)40-22-15-60-61-16-23(30(55)42-19(33(58)59)6-2-3-9-35)45-31(56)24-8-5-11-46(24)32(57)21(14-47)44-29(54)20(12-26(50)51)43-28(53)18(7-4-10-38-34(36)37)41-25(49)13-39-27(22)52/h18-24,47H,2-16,35H2,1H3,(H,39,52)(H,40,48)(H,41,49)(H,42,55)(H,43,53)(H,44,54)(H,45,56)(H,50,51)(H,58,59)(H4,36,37,38)/t18-,19-,20-,21-,22+,23-,24-/m0/s1. The molecule has 0 spiro atoms. The molecule has 0 aromatic rings. The third kappa shape index (κ3) is 18.4. The first-order chi connectivity index (χ1) is 28.9. The molecule has 0 aliphatic carbocycles. The molecular weight excluding hydrogens is 849 g/mol. The van der Waals surface area contributed by atoms with Crippen LogP contribution in [-0.4, -0.2) is 172 Å². The van der Waals surface area contributed by atoms with Crippen molar-refractivity contribution in [2.45, 2.75) is 101 Å². The molecule has 0 aromatic carbocycles. The molecule has 0 bridgehead atoms. The Balaban J connectivity index is 2.53. The molecule has 16 N–H and O–H groups in total. The fourth-order valence-electron chi connectivity index (χ4n) is 6.09. The van der Waals surface area contributed by atoms with Gasteiger partial charge < -0.3 is 74.2 Å². The van der Waals surface area contributed by atoms with Crippen molar-refractivity contribution < 1.29 is 63.3 Å². The van der Waals surface area contributed by atoms with E-state index in [1.54, 1.807) is 0 Å². The Hall–Kier alpha value is -5.41. The quantitative estimate of drug-likeness (QED) is 0.0315. The highest BCUT2D eigenvalue weighted by Crippen LogP contribution is 2.24. The first-order valence-electron chi connectivity index (χ1n) is 19.3. The van der Waals surface area contributed by atoms with Gasteiger partial charge in [0.1, 0.15) is 42.3 Å². The van der Waals surface area contributed by atoms with Crippen LogP contribution in [0.4, 0.5) is 0 Å². The van der Waals surface area contributed by atoms with E-state index in [2.05, 4.69) is 42.5 Å². The molecule has 342 valence electrons. The van der Waals surface area contributed by atoms with Gasteiger partial charge in [-0.3, -0.25) is 48.6 Å². The summed E-state index contributed by atoms with van der Waals surface area (Å²) in [6, 6.07) is -10.3. The van der Waals surface area contributed by atoms with E-state index in [1.165, 1.54) is 0 Å². The van der Waals surface area contributed by atoms with E-state index in [4.69, 9.17) is 16.9 Å². The van der Waals surface area contributed by atoms with Gasteiger partial charge in [0.15, 0.2) is 5.96 Å². The summed E-state index contributed by atoms with van der Waals surface area (Å²) in [6.07, 6.45) is 0.199. The van der Waals surface area contributed by atoms with Gasteiger partial charge in [0.05, 0.1) is 19.6 Å². The zero-order valence-corrected chi connectivity index (χ0v) is 35.1. The fraction of sp³-hybridized carbons (Fsp3) is 0.676. The molecule has 0 unspecified atom stereocenters. The molecule has 0 aromatic heterocycles. The van der Waals surface area contributed by atoms with Crippen LogP contribution in [0.1, 0.15) is 58.3 Å². The maximum atomic E-state index is 13.8. The number of nitrogens with zero attached hydrogens (tertiary/aromatic N) is 1. The van der Waals surface area contributed by atoms with Crippen molar-refractivity contribution in [3.05, 3.63) is 0 Å². The number of carbonyl (C=O) groups is 10. The number of nitrogens with one attached hydrogen (secondary N) is 9. The Morgan fingerprint density at radius 2 is 1.57 bits per heavy atom. The molecule has 27 heteroatoms. The van der Waals surface area contributed by atoms with E-state index in [-0.39, 0.29) is 69.2 Å². The van der Waals surface area contributed by atoms with Crippen LogP contribution in [0.3, 0.4) is 0 Å². The summed E-state index contributed by atoms with van der Waals surface area (Å²) in [5, 5.41) is 56.0. The van der Waals surface area contributed by atoms with Crippen molar-refractivity contribution >= 4 is 86.7 Å². The largest absolute Gasteiger partial charge is 0.481 e. The minimum atomic E-state index is -1.86. The number of carboxylic acid groups (broad SMARTS) is 2. The number of aliphatic carboxylic acids is 2. The van der Waals surface area contributed by atoms with Crippen LogP contribution in [0.2, 0.25) is 0 Å². The smallest absolute Gasteiger partial charge is 0.326 e. The molecule has 7 atom stereocenters. The number of carboxylic acids is 2. The predicted octanol–water partition coefficient (Wildman–Crippen LogP) is -5.64. The topological polar surface area (TPSA) is 407 Å². The lowest BCUT2D eigenvalue weighted by molar-refractivity contribution is -0.145. The molecule has 2 fully saturated rings. The van der Waals surface area contributed by atoms with Crippen LogP contribution < -0.4 is 54.0 Å². The molecule has 61 heavy (non-hydrogen) atoms. The average Bonchev–Trinajstić information content (AvgIpc) is 3.69. The summed E-state index contributed by atoms with van der Waals surface area (Å²) in [7, 11) is 1.97. The van der Waals surface area contributed by atoms with Crippen LogP contribution in [0.15, 0.2) is 0 Å². The summed E-state index contributed by atoms with van der Waals surface area (Å²) >= 11 is 0. The van der Waals surface area contributed by atoms with Gasteiger partial charge in [-0.25, -0.2) is 4.79 Å². The van der Waals surface area contributed by atoms with Gasteiger partial charge in [0, 0.05) is 31.5 Å². The highest BCUT2D eigenvalue weighted by atomic mass is 33.1. The second-order valence-electron chi connectivity index (χ2n) is 14.0. The monoisotopic (exact) mass is 904 g/mol. The van der Waals surface area contributed by atoms with E-state index in [9.17, 15) is 63.3 Å². The molecule has 0 radical (unpaired) electrons. The van der Waals surface area contributed by atoms with Crippen LogP contribution in [0.5, 0.6) is 0 Å². The minimum absolute atomic E-state index is 0.0296. The normalized spacial score (nSPS) is 24.3. The molecule has 2 heterocycles. The lowest BCUT2D eigenvalue weighted by atomic mass is 10.1. The summed E-state index contributed by atoms with van der Waals surface area (Å²) in [6.45, 7) is -0.269. The maximum Gasteiger partial charge on any atom is 0.326 e.